The number of rotatable bonds is 1. The molecule has 0 bridgehead atoms. The third-order valence-electron chi connectivity index (χ3n) is 1.46. The summed E-state index contributed by atoms with van der Waals surface area (Å²) in [6.45, 7) is 0. The van der Waals surface area contributed by atoms with Gasteiger partial charge in [0, 0.05) is 0 Å². The summed E-state index contributed by atoms with van der Waals surface area (Å²) in [7, 11) is -0.653. The van der Waals surface area contributed by atoms with Crippen molar-refractivity contribution in [2.45, 2.75) is 0 Å². The van der Waals surface area contributed by atoms with Crippen molar-refractivity contribution < 1.29 is 9.31 Å². The van der Waals surface area contributed by atoms with Crippen LogP contribution in [0.5, 0.6) is 11.5 Å². The molecule has 1 heterocycles. The average molecular weight is 177 g/mol. The fraction of sp³-hybridized carbons (Fsp3) is 0. The monoisotopic (exact) mass is 177 g/mol. The van der Waals surface area contributed by atoms with E-state index in [4.69, 9.17) is 9.31 Å². The van der Waals surface area contributed by atoms with E-state index in [1.54, 1.807) is 0 Å². The normalized spacial score (nSPS) is 12.5. The highest BCUT2D eigenvalue weighted by Gasteiger charge is 2.32. The highest BCUT2D eigenvalue weighted by atomic mass is 32.1. The minimum atomic E-state index is -0.653. The molecule has 0 amide bonds. The molecular weight excluding hydrogens is 173 g/mol. The molecular formula is C7H4BNO2S. The average Bonchev–Trinajstić information content (AvgIpc) is 2.47. The fourth-order valence-electron chi connectivity index (χ4n) is 0.982. The highest BCUT2D eigenvalue weighted by molar-refractivity contribution is 7.78. The molecule has 1 aliphatic heterocycles. The van der Waals surface area contributed by atoms with E-state index in [-0.39, 0.29) is 0 Å². The van der Waals surface area contributed by atoms with Gasteiger partial charge in [0.25, 0.3) is 0 Å². The second-order valence-corrected chi connectivity index (χ2v) is 2.39. The molecule has 0 N–H and O–H groups in total. The molecule has 0 atom stereocenters. The molecule has 0 saturated carbocycles. The zero-order valence-electron chi connectivity index (χ0n) is 6.06. The Labute approximate surface area is 75.2 Å². The van der Waals surface area contributed by atoms with Crippen LogP contribution >= 0.6 is 12.2 Å². The molecule has 0 spiro atoms. The van der Waals surface area contributed by atoms with Crippen LogP contribution in [0.25, 0.3) is 0 Å². The number of para-hydroxylation sites is 2. The Morgan fingerprint density at radius 3 is 2.33 bits per heavy atom. The van der Waals surface area contributed by atoms with Crippen molar-refractivity contribution in [3.8, 4) is 11.5 Å². The van der Waals surface area contributed by atoms with Gasteiger partial charge < -0.3 is 9.31 Å². The Morgan fingerprint density at radius 1 is 1.25 bits per heavy atom. The molecule has 0 saturated heterocycles. The van der Waals surface area contributed by atoms with Crippen molar-refractivity contribution in [3.05, 3.63) is 24.3 Å². The van der Waals surface area contributed by atoms with Crippen molar-refractivity contribution in [2.24, 2.45) is 4.90 Å². The van der Waals surface area contributed by atoms with E-state index in [2.05, 4.69) is 22.3 Å². The van der Waals surface area contributed by atoms with Gasteiger partial charge in [-0.3, -0.25) is 0 Å². The molecule has 12 heavy (non-hydrogen) atoms. The largest absolute Gasteiger partial charge is 0.766 e. The van der Waals surface area contributed by atoms with Crippen LogP contribution in [0, 0.1) is 0 Å². The molecule has 0 fully saturated rings. The van der Waals surface area contributed by atoms with Crippen molar-refractivity contribution in [1.82, 2.24) is 0 Å². The maximum absolute atomic E-state index is 5.23. The standard InChI is InChI=1S/C7H4BNO2S/c12-5-9-8-10-6-3-1-2-4-7(6)11-8/h1-4H. The van der Waals surface area contributed by atoms with E-state index >= 15 is 0 Å². The molecule has 5 heteroatoms. The first kappa shape index (κ1) is 7.34. The third kappa shape index (κ3) is 1.20. The van der Waals surface area contributed by atoms with E-state index in [1.807, 2.05) is 24.3 Å². The van der Waals surface area contributed by atoms with Gasteiger partial charge in [0.15, 0.2) is 0 Å². The SMILES string of the molecule is S=C=NB1Oc2ccccc2O1. The Morgan fingerprint density at radius 2 is 1.83 bits per heavy atom. The summed E-state index contributed by atoms with van der Waals surface area (Å²) < 4.78 is 10.5. The lowest BCUT2D eigenvalue weighted by atomic mass is 10.2. The Hall–Kier alpha value is -1.32. The molecule has 0 aliphatic carbocycles. The summed E-state index contributed by atoms with van der Waals surface area (Å²) >= 11 is 4.42. The van der Waals surface area contributed by atoms with Gasteiger partial charge in [-0.2, -0.15) is 4.90 Å². The maximum Gasteiger partial charge on any atom is 0.766 e. The zero-order chi connectivity index (χ0) is 8.39. The summed E-state index contributed by atoms with van der Waals surface area (Å²) in [5, 5.41) is 2.20. The molecule has 0 radical (unpaired) electrons. The summed E-state index contributed by atoms with van der Waals surface area (Å²) in [6.07, 6.45) is 0. The predicted molar refractivity (Wildman–Crippen MR) is 48.5 cm³/mol. The molecule has 0 unspecified atom stereocenters. The van der Waals surface area contributed by atoms with Crippen LogP contribution in [0.2, 0.25) is 0 Å². The molecule has 1 aromatic rings. The number of isothiocyanates is 1. The number of fused-ring (bicyclic) bond motifs is 1. The number of benzene rings is 1. The van der Waals surface area contributed by atoms with Crippen molar-refractivity contribution in [1.29, 1.82) is 0 Å². The summed E-state index contributed by atoms with van der Waals surface area (Å²) in [6, 6.07) is 7.36. The molecule has 0 aromatic heterocycles. The van der Waals surface area contributed by atoms with Crippen LogP contribution in [0.4, 0.5) is 0 Å². The van der Waals surface area contributed by atoms with Gasteiger partial charge in [-0.25, -0.2) is 0 Å². The number of hydrogen-bond acceptors (Lipinski definition) is 4. The molecule has 1 aromatic carbocycles. The van der Waals surface area contributed by atoms with E-state index in [0.29, 0.717) is 11.5 Å². The topological polar surface area (TPSA) is 30.8 Å². The maximum atomic E-state index is 5.23. The lowest BCUT2D eigenvalue weighted by molar-refractivity contribution is 0.502. The van der Waals surface area contributed by atoms with Crippen LogP contribution in [-0.4, -0.2) is 12.4 Å². The molecule has 3 nitrogen and oxygen atoms in total. The minimum absolute atomic E-state index is 0.653. The lowest BCUT2D eigenvalue weighted by Gasteiger charge is -1.92. The first-order valence-corrected chi connectivity index (χ1v) is 3.80. The van der Waals surface area contributed by atoms with E-state index in [9.17, 15) is 0 Å². The van der Waals surface area contributed by atoms with Gasteiger partial charge >= 0.3 is 7.25 Å². The molecule has 2 rings (SSSR count). The second kappa shape index (κ2) is 2.97. The van der Waals surface area contributed by atoms with Crippen LogP contribution in [-0.2, 0) is 0 Å². The lowest BCUT2D eigenvalue weighted by Crippen LogP contribution is -2.21. The van der Waals surface area contributed by atoms with Crippen LogP contribution < -0.4 is 9.31 Å². The van der Waals surface area contributed by atoms with Gasteiger partial charge in [0.2, 0.25) is 0 Å². The van der Waals surface area contributed by atoms with E-state index in [1.165, 1.54) is 0 Å². The van der Waals surface area contributed by atoms with Gasteiger partial charge in [0.1, 0.15) is 11.5 Å². The molecule has 58 valence electrons. The van der Waals surface area contributed by atoms with Crippen molar-refractivity contribution in [2.75, 3.05) is 0 Å². The Balaban J connectivity index is 2.27. The van der Waals surface area contributed by atoms with Crippen LogP contribution in [0.3, 0.4) is 0 Å². The van der Waals surface area contributed by atoms with Gasteiger partial charge in [0.05, 0.1) is 5.16 Å². The first-order chi connectivity index (χ1) is 5.90. The number of thiocarbonyl (C=S) groups is 1. The summed E-state index contributed by atoms with van der Waals surface area (Å²) in [5.41, 5.74) is 0. The van der Waals surface area contributed by atoms with E-state index in [0.717, 1.165) is 0 Å². The summed E-state index contributed by atoms with van der Waals surface area (Å²) in [5.74, 6) is 1.38. The zero-order valence-corrected chi connectivity index (χ0v) is 6.88. The smallest absolute Gasteiger partial charge is 0.502 e. The third-order valence-corrected chi connectivity index (χ3v) is 1.57. The van der Waals surface area contributed by atoms with Gasteiger partial charge in [-0.1, -0.05) is 12.1 Å². The fourth-order valence-corrected chi connectivity index (χ4v) is 1.07. The predicted octanol–water partition coefficient (Wildman–Crippen LogP) is 1.55. The van der Waals surface area contributed by atoms with Crippen molar-refractivity contribution in [3.63, 3.8) is 0 Å². The Kier molecular flexibility index (Phi) is 1.82. The first-order valence-electron chi connectivity index (χ1n) is 3.39. The molecule has 1 aliphatic rings. The summed E-state index contributed by atoms with van der Waals surface area (Å²) in [4.78, 5) is 3.66. The highest BCUT2D eigenvalue weighted by Crippen LogP contribution is 2.32. The van der Waals surface area contributed by atoms with Gasteiger partial charge in [-0.05, 0) is 24.4 Å². The van der Waals surface area contributed by atoms with Crippen LogP contribution in [0.1, 0.15) is 0 Å². The van der Waals surface area contributed by atoms with Gasteiger partial charge in [-0.15, -0.1) is 0 Å². The second-order valence-electron chi connectivity index (χ2n) is 2.21. The quantitative estimate of drug-likeness (QED) is 0.370. The van der Waals surface area contributed by atoms with Crippen LogP contribution in [0.15, 0.2) is 29.2 Å². The Bertz CT molecular complexity index is 326. The van der Waals surface area contributed by atoms with E-state index < -0.39 is 7.25 Å². The number of nitrogens with zero attached hydrogens (tertiary/aromatic N) is 1. The number of hydrogen-bond donors (Lipinski definition) is 0. The minimum Gasteiger partial charge on any atom is -0.502 e. The van der Waals surface area contributed by atoms with Crippen molar-refractivity contribution >= 4 is 24.6 Å².